The summed E-state index contributed by atoms with van der Waals surface area (Å²) in [5.74, 6) is 0.924. The molecule has 1 unspecified atom stereocenters. The zero-order valence-corrected chi connectivity index (χ0v) is 12.4. The lowest BCUT2D eigenvalue weighted by Crippen LogP contribution is -2.32. The van der Waals surface area contributed by atoms with Gasteiger partial charge in [-0.15, -0.1) is 12.4 Å². The quantitative estimate of drug-likeness (QED) is 0.941. The Balaban J connectivity index is 0.00000147. The van der Waals surface area contributed by atoms with Gasteiger partial charge in [0, 0.05) is 24.2 Å². The van der Waals surface area contributed by atoms with E-state index >= 15 is 0 Å². The average Bonchev–Trinajstić information content (AvgIpc) is 3.11. The van der Waals surface area contributed by atoms with Crippen LogP contribution in [0.4, 0.5) is 0 Å². The second kappa shape index (κ2) is 6.88. The van der Waals surface area contributed by atoms with Gasteiger partial charge in [0.1, 0.15) is 5.69 Å². The van der Waals surface area contributed by atoms with Crippen LogP contribution in [0.15, 0.2) is 40.9 Å². The summed E-state index contributed by atoms with van der Waals surface area (Å²) in [5, 5.41) is 7.53. The number of benzene rings is 1. The third-order valence-electron chi connectivity index (χ3n) is 3.69. The van der Waals surface area contributed by atoms with Gasteiger partial charge in [0.05, 0.1) is 6.54 Å². The molecule has 1 atom stereocenters. The Hall–Kier alpha value is -1.36. The highest BCUT2D eigenvalue weighted by atomic mass is 35.5. The van der Waals surface area contributed by atoms with Crippen LogP contribution in [-0.4, -0.2) is 36.2 Å². The first-order chi connectivity index (χ1) is 9.33. The van der Waals surface area contributed by atoms with E-state index in [0.717, 1.165) is 36.7 Å². The standard InChI is InChI=1S/C15H19N3O.ClH/c1-18(13-7-8-16-10-13)11-14-9-15(17-19-14)12-5-3-2-4-6-12;/h2-6,9,13,16H,7-8,10-11H2,1H3;1H. The molecule has 0 bridgehead atoms. The molecule has 0 spiro atoms. The normalized spacial score (nSPS) is 18.2. The average molecular weight is 294 g/mol. The Bertz CT molecular complexity index is 523. The Morgan fingerprint density at radius 2 is 2.15 bits per heavy atom. The fourth-order valence-electron chi connectivity index (χ4n) is 2.52. The molecule has 0 amide bonds. The molecule has 0 radical (unpaired) electrons. The van der Waals surface area contributed by atoms with Crippen LogP contribution in [0.5, 0.6) is 0 Å². The number of hydrogen-bond acceptors (Lipinski definition) is 4. The molecule has 3 rings (SSSR count). The second-order valence-corrected chi connectivity index (χ2v) is 5.11. The molecule has 1 aromatic carbocycles. The van der Waals surface area contributed by atoms with Crippen molar-refractivity contribution in [1.29, 1.82) is 0 Å². The van der Waals surface area contributed by atoms with E-state index < -0.39 is 0 Å². The van der Waals surface area contributed by atoms with Crippen molar-refractivity contribution in [1.82, 2.24) is 15.4 Å². The lowest BCUT2D eigenvalue weighted by atomic mass is 10.1. The van der Waals surface area contributed by atoms with Gasteiger partial charge in [-0.05, 0) is 20.0 Å². The van der Waals surface area contributed by atoms with E-state index in [4.69, 9.17) is 4.52 Å². The van der Waals surface area contributed by atoms with Crippen LogP contribution in [0.1, 0.15) is 12.2 Å². The Morgan fingerprint density at radius 1 is 1.35 bits per heavy atom. The van der Waals surface area contributed by atoms with E-state index in [1.165, 1.54) is 6.42 Å². The lowest BCUT2D eigenvalue weighted by molar-refractivity contribution is 0.218. The molecule has 1 aliphatic heterocycles. The van der Waals surface area contributed by atoms with E-state index in [-0.39, 0.29) is 12.4 Å². The monoisotopic (exact) mass is 293 g/mol. The highest BCUT2D eigenvalue weighted by Crippen LogP contribution is 2.20. The molecule has 1 aromatic heterocycles. The van der Waals surface area contributed by atoms with Crippen LogP contribution in [0.25, 0.3) is 11.3 Å². The fraction of sp³-hybridized carbons (Fsp3) is 0.400. The molecule has 1 N–H and O–H groups in total. The first-order valence-electron chi connectivity index (χ1n) is 6.75. The van der Waals surface area contributed by atoms with Gasteiger partial charge >= 0.3 is 0 Å². The molecule has 1 fully saturated rings. The van der Waals surface area contributed by atoms with Crippen molar-refractivity contribution >= 4 is 12.4 Å². The third-order valence-corrected chi connectivity index (χ3v) is 3.69. The smallest absolute Gasteiger partial charge is 0.151 e. The molecule has 2 heterocycles. The molecule has 20 heavy (non-hydrogen) atoms. The topological polar surface area (TPSA) is 41.3 Å². The van der Waals surface area contributed by atoms with Crippen molar-refractivity contribution in [3.63, 3.8) is 0 Å². The number of nitrogens with one attached hydrogen (secondary N) is 1. The predicted octanol–water partition coefficient (Wildman–Crippen LogP) is 2.56. The molecule has 4 nitrogen and oxygen atoms in total. The molecule has 1 saturated heterocycles. The van der Waals surface area contributed by atoms with Gasteiger partial charge in [0.15, 0.2) is 5.76 Å². The van der Waals surface area contributed by atoms with Gasteiger partial charge < -0.3 is 9.84 Å². The molecule has 108 valence electrons. The maximum atomic E-state index is 5.44. The van der Waals surface area contributed by atoms with Crippen LogP contribution in [0.2, 0.25) is 0 Å². The third kappa shape index (κ3) is 3.39. The van der Waals surface area contributed by atoms with Crippen molar-refractivity contribution in [2.24, 2.45) is 0 Å². The summed E-state index contributed by atoms with van der Waals surface area (Å²) in [6, 6.07) is 12.8. The minimum Gasteiger partial charge on any atom is -0.359 e. The van der Waals surface area contributed by atoms with Crippen LogP contribution >= 0.6 is 12.4 Å². The van der Waals surface area contributed by atoms with Gasteiger partial charge in [-0.2, -0.15) is 0 Å². The Labute approximate surface area is 125 Å². The van der Waals surface area contributed by atoms with Gasteiger partial charge in [-0.25, -0.2) is 0 Å². The number of rotatable bonds is 4. The molecule has 1 aliphatic rings. The number of aromatic nitrogens is 1. The number of halogens is 1. The first-order valence-corrected chi connectivity index (χ1v) is 6.75. The Morgan fingerprint density at radius 3 is 2.85 bits per heavy atom. The predicted molar refractivity (Wildman–Crippen MR) is 81.9 cm³/mol. The summed E-state index contributed by atoms with van der Waals surface area (Å²) in [7, 11) is 2.14. The maximum absolute atomic E-state index is 5.44. The summed E-state index contributed by atoms with van der Waals surface area (Å²) in [5.41, 5.74) is 2.01. The largest absolute Gasteiger partial charge is 0.359 e. The van der Waals surface area contributed by atoms with Gasteiger partial charge in [-0.3, -0.25) is 4.90 Å². The number of hydrogen-bond donors (Lipinski definition) is 1. The van der Waals surface area contributed by atoms with Crippen molar-refractivity contribution in [3.8, 4) is 11.3 Å². The summed E-state index contributed by atoms with van der Waals surface area (Å²) < 4.78 is 5.44. The van der Waals surface area contributed by atoms with Crippen LogP contribution in [0.3, 0.4) is 0 Å². The van der Waals surface area contributed by atoms with Crippen molar-refractivity contribution in [3.05, 3.63) is 42.2 Å². The number of nitrogens with zero attached hydrogens (tertiary/aromatic N) is 2. The van der Waals surface area contributed by atoms with Crippen LogP contribution in [0, 0.1) is 0 Å². The molecule has 0 saturated carbocycles. The summed E-state index contributed by atoms with van der Waals surface area (Å²) >= 11 is 0. The van der Waals surface area contributed by atoms with Crippen molar-refractivity contribution < 1.29 is 4.52 Å². The molecule has 0 aliphatic carbocycles. The molecule has 5 heteroatoms. The minimum absolute atomic E-state index is 0. The van der Waals surface area contributed by atoms with E-state index in [0.29, 0.717) is 6.04 Å². The highest BCUT2D eigenvalue weighted by molar-refractivity contribution is 5.85. The first kappa shape index (κ1) is 15.0. The summed E-state index contributed by atoms with van der Waals surface area (Å²) in [6.45, 7) is 2.99. The van der Waals surface area contributed by atoms with Crippen molar-refractivity contribution in [2.45, 2.75) is 19.0 Å². The van der Waals surface area contributed by atoms with Gasteiger partial charge in [0.2, 0.25) is 0 Å². The van der Waals surface area contributed by atoms with Crippen LogP contribution in [-0.2, 0) is 6.54 Å². The SMILES string of the molecule is CN(Cc1cc(-c2ccccc2)no1)C1CCNC1.Cl. The van der Waals surface area contributed by atoms with Gasteiger partial charge in [0.25, 0.3) is 0 Å². The van der Waals surface area contributed by atoms with E-state index in [9.17, 15) is 0 Å². The molecule has 2 aromatic rings. The summed E-state index contributed by atoms with van der Waals surface area (Å²) in [6.07, 6.45) is 1.20. The minimum atomic E-state index is 0. The van der Waals surface area contributed by atoms with Gasteiger partial charge in [-0.1, -0.05) is 35.5 Å². The highest BCUT2D eigenvalue weighted by Gasteiger charge is 2.20. The molecular formula is C15H20ClN3O. The van der Waals surface area contributed by atoms with Crippen LogP contribution < -0.4 is 5.32 Å². The zero-order chi connectivity index (χ0) is 13.1. The van der Waals surface area contributed by atoms with Crippen molar-refractivity contribution in [2.75, 3.05) is 20.1 Å². The maximum Gasteiger partial charge on any atom is 0.151 e. The van der Waals surface area contributed by atoms with E-state index in [1.54, 1.807) is 0 Å². The fourth-order valence-corrected chi connectivity index (χ4v) is 2.52. The zero-order valence-electron chi connectivity index (χ0n) is 11.6. The Kier molecular flexibility index (Phi) is 5.17. The molecular weight excluding hydrogens is 274 g/mol. The second-order valence-electron chi connectivity index (χ2n) is 5.11. The number of likely N-dealkylation sites (N-methyl/N-ethyl adjacent to an activating group) is 1. The van der Waals surface area contributed by atoms with E-state index in [1.807, 2.05) is 36.4 Å². The lowest BCUT2D eigenvalue weighted by Gasteiger charge is -2.21. The summed E-state index contributed by atoms with van der Waals surface area (Å²) in [4.78, 5) is 2.33. The van der Waals surface area contributed by atoms with E-state index in [2.05, 4.69) is 22.4 Å².